The van der Waals surface area contributed by atoms with Crippen molar-refractivity contribution in [1.82, 2.24) is 15.2 Å². The number of carbonyl (C=O) groups is 2. The Balaban J connectivity index is 1.55. The Labute approximate surface area is 190 Å². The van der Waals surface area contributed by atoms with Gasteiger partial charge in [0.05, 0.1) is 11.5 Å². The first-order valence-corrected chi connectivity index (χ1v) is 12.3. The number of pyridine rings is 1. The molecule has 2 fully saturated rings. The van der Waals surface area contributed by atoms with E-state index >= 15 is 0 Å². The van der Waals surface area contributed by atoms with E-state index in [2.05, 4.69) is 15.2 Å². The van der Waals surface area contributed by atoms with Crippen LogP contribution in [0.4, 0.5) is 0 Å². The molecule has 5 rings (SSSR count). The Kier molecular flexibility index (Phi) is 5.99. The summed E-state index contributed by atoms with van der Waals surface area (Å²) in [5.74, 6) is -0.127. The Morgan fingerprint density at radius 2 is 1.66 bits per heavy atom. The van der Waals surface area contributed by atoms with Crippen LogP contribution in [0.3, 0.4) is 0 Å². The highest BCUT2D eigenvalue weighted by atomic mass is 16.2. The zero-order valence-corrected chi connectivity index (χ0v) is 18.8. The molecule has 3 aliphatic rings. The van der Waals surface area contributed by atoms with E-state index in [1.165, 1.54) is 25.7 Å². The zero-order chi connectivity index (χ0) is 22.0. The molecule has 0 bridgehead atoms. The van der Waals surface area contributed by atoms with Crippen LogP contribution in [0.15, 0.2) is 48.8 Å². The average molecular weight is 432 g/mol. The Morgan fingerprint density at radius 1 is 0.969 bits per heavy atom. The maximum atomic E-state index is 13.9. The molecule has 32 heavy (non-hydrogen) atoms. The van der Waals surface area contributed by atoms with E-state index in [9.17, 15) is 9.59 Å². The fraction of sp³-hybridized carbons (Fsp3) is 0.519. The van der Waals surface area contributed by atoms with Crippen LogP contribution < -0.4 is 5.32 Å². The number of hydrogen-bond donors (Lipinski definition) is 1. The van der Waals surface area contributed by atoms with Gasteiger partial charge in [-0.05, 0) is 55.0 Å². The Hall–Kier alpha value is -2.69. The van der Waals surface area contributed by atoms with Gasteiger partial charge >= 0.3 is 0 Å². The molecule has 2 heterocycles. The molecule has 1 aromatic carbocycles. The summed E-state index contributed by atoms with van der Waals surface area (Å²) in [6, 6.07) is 12.0. The summed E-state index contributed by atoms with van der Waals surface area (Å²) in [6.45, 7) is 0.480. The second-order valence-electron chi connectivity index (χ2n) is 9.72. The van der Waals surface area contributed by atoms with Gasteiger partial charge in [0.2, 0.25) is 5.91 Å². The van der Waals surface area contributed by atoms with E-state index < -0.39 is 5.54 Å². The summed E-state index contributed by atoms with van der Waals surface area (Å²) in [4.78, 5) is 34.1. The summed E-state index contributed by atoms with van der Waals surface area (Å²) in [6.07, 6.45) is 14.4. The maximum Gasteiger partial charge on any atom is 0.254 e. The largest absolute Gasteiger partial charge is 0.351 e. The molecule has 1 spiro atoms. The van der Waals surface area contributed by atoms with E-state index in [0.717, 1.165) is 55.2 Å². The standard InChI is InChI=1S/C27H33N3O2/c31-25(29-19-20-13-17-28-18-14-20)24-22-11-5-6-12-23(22)26(32)30(21-9-3-1-4-10-21)27(24)15-7-2-8-16-27/h5-6,11-14,17-18,21,24H,1-4,7-10,15-16,19H2,(H,29,31). The first-order valence-electron chi connectivity index (χ1n) is 12.3. The third kappa shape index (κ3) is 3.72. The van der Waals surface area contributed by atoms with Crippen molar-refractivity contribution < 1.29 is 9.59 Å². The van der Waals surface area contributed by atoms with Crippen molar-refractivity contribution in [2.24, 2.45) is 0 Å². The van der Waals surface area contributed by atoms with Gasteiger partial charge in [-0.2, -0.15) is 0 Å². The average Bonchev–Trinajstić information content (AvgIpc) is 2.85. The van der Waals surface area contributed by atoms with Crippen LogP contribution in [0.1, 0.15) is 91.6 Å². The highest BCUT2D eigenvalue weighted by Gasteiger charge is 2.56. The molecule has 0 radical (unpaired) electrons. The summed E-state index contributed by atoms with van der Waals surface area (Å²) in [5.41, 5.74) is 2.26. The second-order valence-corrected chi connectivity index (χ2v) is 9.72. The molecule has 1 N–H and O–H groups in total. The number of aromatic nitrogens is 1. The number of nitrogens with one attached hydrogen (secondary N) is 1. The van der Waals surface area contributed by atoms with Crippen molar-refractivity contribution in [3.63, 3.8) is 0 Å². The molecular weight excluding hydrogens is 398 g/mol. The van der Waals surface area contributed by atoms with Crippen LogP contribution in [-0.2, 0) is 11.3 Å². The number of rotatable bonds is 4. The molecule has 5 heteroatoms. The number of hydrogen-bond acceptors (Lipinski definition) is 3. The molecule has 168 valence electrons. The third-order valence-electron chi connectivity index (χ3n) is 7.88. The molecule has 1 aliphatic heterocycles. The summed E-state index contributed by atoms with van der Waals surface area (Å²) >= 11 is 0. The van der Waals surface area contributed by atoms with Crippen molar-refractivity contribution in [3.8, 4) is 0 Å². The van der Waals surface area contributed by atoms with Gasteiger partial charge in [0.1, 0.15) is 0 Å². The summed E-state index contributed by atoms with van der Waals surface area (Å²) in [7, 11) is 0. The predicted octanol–water partition coefficient (Wildman–Crippen LogP) is 4.97. The van der Waals surface area contributed by atoms with Gasteiger partial charge in [-0.25, -0.2) is 0 Å². The van der Waals surface area contributed by atoms with Crippen molar-refractivity contribution >= 4 is 11.8 Å². The van der Waals surface area contributed by atoms with Gasteiger partial charge in [-0.15, -0.1) is 0 Å². The van der Waals surface area contributed by atoms with Crippen LogP contribution in [-0.4, -0.2) is 33.3 Å². The van der Waals surface area contributed by atoms with Gasteiger partial charge in [-0.1, -0.05) is 56.7 Å². The molecule has 1 atom stereocenters. The van der Waals surface area contributed by atoms with Crippen LogP contribution >= 0.6 is 0 Å². The molecule has 2 amide bonds. The number of amides is 2. The lowest BCUT2D eigenvalue weighted by molar-refractivity contribution is -0.128. The number of fused-ring (bicyclic) bond motifs is 1. The van der Waals surface area contributed by atoms with E-state index in [1.807, 2.05) is 36.4 Å². The highest BCUT2D eigenvalue weighted by Crippen LogP contribution is 2.51. The maximum absolute atomic E-state index is 13.9. The lowest BCUT2D eigenvalue weighted by atomic mass is 9.64. The van der Waals surface area contributed by atoms with Gasteiger partial charge in [0.15, 0.2) is 0 Å². The normalized spacial score (nSPS) is 23.1. The van der Waals surface area contributed by atoms with Crippen molar-refractivity contribution in [1.29, 1.82) is 0 Å². The van der Waals surface area contributed by atoms with Crippen LogP contribution in [0.2, 0.25) is 0 Å². The number of benzene rings is 1. The molecule has 1 aromatic heterocycles. The van der Waals surface area contributed by atoms with Crippen LogP contribution in [0.25, 0.3) is 0 Å². The third-order valence-corrected chi connectivity index (χ3v) is 7.88. The van der Waals surface area contributed by atoms with Gasteiger partial charge in [0, 0.05) is 30.5 Å². The van der Waals surface area contributed by atoms with Gasteiger partial charge in [0.25, 0.3) is 5.91 Å². The molecule has 5 nitrogen and oxygen atoms in total. The molecule has 0 saturated heterocycles. The molecule has 2 aromatic rings. The topological polar surface area (TPSA) is 62.3 Å². The van der Waals surface area contributed by atoms with E-state index in [4.69, 9.17) is 0 Å². The fourth-order valence-corrected chi connectivity index (χ4v) is 6.44. The molecular formula is C27H33N3O2. The predicted molar refractivity (Wildman–Crippen MR) is 124 cm³/mol. The van der Waals surface area contributed by atoms with Gasteiger partial charge < -0.3 is 10.2 Å². The number of carbonyl (C=O) groups excluding carboxylic acids is 2. The Morgan fingerprint density at radius 3 is 2.41 bits per heavy atom. The quantitative estimate of drug-likeness (QED) is 0.743. The minimum atomic E-state index is -0.409. The van der Waals surface area contributed by atoms with Crippen molar-refractivity contribution in [2.75, 3.05) is 0 Å². The molecule has 1 unspecified atom stereocenters. The number of nitrogens with zero attached hydrogens (tertiary/aromatic N) is 2. The first kappa shape index (κ1) is 21.2. The van der Waals surface area contributed by atoms with E-state index in [0.29, 0.717) is 6.54 Å². The molecule has 2 saturated carbocycles. The smallest absolute Gasteiger partial charge is 0.254 e. The van der Waals surface area contributed by atoms with Crippen molar-refractivity contribution in [2.45, 2.75) is 88.3 Å². The monoisotopic (exact) mass is 431 g/mol. The molecule has 2 aliphatic carbocycles. The second kappa shape index (κ2) is 9.05. The van der Waals surface area contributed by atoms with E-state index in [-0.39, 0.29) is 23.8 Å². The van der Waals surface area contributed by atoms with E-state index in [1.54, 1.807) is 12.4 Å². The summed E-state index contributed by atoms with van der Waals surface area (Å²) < 4.78 is 0. The van der Waals surface area contributed by atoms with Crippen molar-refractivity contribution in [3.05, 3.63) is 65.5 Å². The van der Waals surface area contributed by atoms with Gasteiger partial charge in [-0.3, -0.25) is 14.6 Å². The minimum Gasteiger partial charge on any atom is -0.351 e. The van der Waals surface area contributed by atoms with Crippen LogP contribution in [0, 0.1) is 0 Å². The Bertz CT molecular complexity index is 962. The minimum absolute atomic E-state index is 0.0458. The highest BCUT2D eigenvalue weighted by molar-refractivity contribution is 6.02. The SMILES string of the molecule is O=C(NCc1ccncc1)C1c2ccccc2C(=O)N(C2CCCCC2)C12CCCCC2. The van der Waals surface area contributed by atoms with Crippen LogP contribution in [0.5, 0.6) is 0 Å². The lowest BCUT2D eigenvalue weighted by Crippen LogP contribution is -2.65. The fourth-order valence-electron chi connectivity index (χ4n) is 6.44. The zero-order valence-electron chi connectivity index (χ0n) is 18.8. The summed E-state index contributed by atoms with van der Waals surface area (Å²) in [5, 5.41) is 3.21. The first-order chi connectivity index (χ1) is 15.7. The lowest BCUT2D eigenvalue weighted by Gasteiger charge is -2.57.